The van der Waals surface area contributed by atoms with E-state index in [1.54, 1.807) is 12.1 Å². The number of benzene rings is 2. The first-order valence-corrected chi connectivity index (χ1v) is 15.0. The smallest absolute Gasteiger partial charge is 0.299 e. The first-order chi connectivity index (χ1) is 18.7. The van der Waals surface area contributed by atoms with Crippen LogP contribution < -0.4 is 0 Å². The van der Waals surface area contributed by atoms with E-state index in [4.69, 9.17) is 0 Å². The molecule has 0 spiro atoms. The summed E-state index contributed by atoms with van der Waals surface area (Å²) < 4.78 is 39.1. The summed E-state index contributed by atoms with van der Waals surface area (Å²) in [7, 11) is 0. The summed E-state index contributed by atoms with van der Waals surface area (Å²) in [6.07, 6.45) is 3.31. The fourth-order valence-electron chi connectivity index (χ4n) is 9.87. The number of alkyl halides is 3. The molecule has 5 fully saturated rings. The highest BCUT2D eigenvalue weighted by Gasteiger charge is 2.61. The molecule has 10 atom stereocenters. The molecule has 10 unspecified atom stereocenters. The molecule has 2 nitrogen and oxygen atoms in total. The number of halogens is 3. The van der Waals surface area contributed by atoms with Gasteiger partial charge in [-0.3, -0.25) is 9.59 Å². The number of carbonyl (C=O) groups excluding carboxylic acids is 2. The monoisotopic (exact) mass is 534 g/mol. The summed E-state index contributed by atoms with van der Waals surface area (Å²) in [5.41, 5.74) is 2.93. The third-order valence-electron chi connectivity index (χ3n) is 11.7. The van der Waals surface area contributed by atoms with Crippen molar-refractivity contribution in [1.82, 2.24) is 0 Å². The lowest BCUT2D eigenvalue weighted by molar-refractivity contribution is -0.137. The van der Waals surface area contributed by atoms with Crippen LogP contribution in [-0.4, -0.2) is 11.6 Å². The van der Waals surface area contributed by atoms with Gasteiger partial charge >= 0.3 is 6.18 Å². The largest absolute Gasteiger partial charge is 0.416 e. The average molecular weight is 535 g/mol. The van der Waals surface area contributed by atoms with Gasteiger partial charge in [-0.2, -0.15) is 13.2 Å². The second kappa shape index (κ2) is 9.31. The van der Waals surface area contributed by atoms with Gasteiger partial charge in [-0.05, 0) is 117 Å². The van der Waals surface area contributed by atoms with Crippen molar-refractivity contribution in [2.75, 3.05) is 0 Å². The lowest BCUT2D eigenvalue weighted by Gasteiger charge is -2.40. The van der Waals surface area contributed by atoms with E-state index >= 15 is 0 Å². The highest BCUT2D eigenvalue weighted by Crippen LogP contribution is 2.62. The van der Waals surface area contributed by atoms with E-state index in [9.17, 15) is 22.8 Å². The quantitative estimate of drug-likeness (QED) is 0.390. The van der Waals surface area contributed by atoms with E-state index in [-0.39, 0.29) is 29.6 Å². The van der Waals surface area contributed by atoms with Gasteiger partial charge in [-0.25, -0.2) is 0 Å². The van der Waals surface area contributed by atoms with Crippen LogP contribution in [0.5, 0.6) is 0 Å². The van der Waals surface area contributed by atoms with Crippen molar-refractivity contribution < 1.29 is 22.8 Å². The number of rotatable bonds is 2. The Labute approximate surface area is 228 Å². The first-order valence-electron chi connectivity index (χ1n) is 15.0. The molecule has 0 aromatic heterocycles. The molecule has 39 heavy (non-hydrogen) atoms. The fourth-order valence-corrected chi connectivity index (χ4v) is 9.87. The van der Waals surface area contributed by atoms with Gasteiger partial charge in [0.2, 0.25) is 0 Å². The molecule has 0 radical (unpaired) electrons. The van der Waals surface area contributed by atoms with Crippen LogP contribution in [0.15, 0.2) is 48.5 Å². The van der Waals surface area contributed by atoms with Crippen LogP contribution in [0, 0.1) is 54.3 Å². The Morgan fingerprint density at radius 2 is 1.00 bits per heavy atom. The van der Waals surface area contributed by atoms with E-state index < -0.39 is 11.7 Å². The SMILES string of the molecule is Cc1ccc(C2CCC3C(C2)C(=O)C2CC4C(=O)C5CC(c6ccc(C(F)(F)F)cc6)CCC5C4CC23)cc1. The van der Waals surface area contributed by atoms with Crippen molar-refractivity contribution >= 4 is 11.6 Å². The summed E-state index contributed by atoms with van der Waals surface area (Å²) in [4.78, 5) is 27.5. The van der Waals surface area contributed by atoms with Crippen molar-refractivity contribution in [3.63, 3.8) is 0 Å². The summed E-state index contributed by atoms with van der Waals surface area (Å²) >= 11 is 0. The minimum Gasteiger partial charge on any atom is -0.299 e. The molecular weight excluding hydrogens is 497 g/mol. The molecule has 0 N–H and O–H groups in total. The highest BCUT2D eigenvalue weighted by atomic mass is 19.4. The molecule has 0 amide bonds. The van der Waals surface area contributed by atoms with Crippen LogP contribution >= 0.6 is 0 Å². The summed E-state index contributed by atoms with van der Waals surface area (Å²) in [5, 5.41) is 0. The Morgan fingerprint density at radius 3 is 1.46 bits per heavy atom. The minimum atomic E-state index is -4.33. The maximum Gasteiger partial charge on any atom is 0.416 e. The maximum atomic E-state index is 13.8. The van der Waals surface area contributed by atoms with Crippen LogP contribution in [0.3, 0.4) is 0 Å². The molecule has 2 aromatic rings. The second-order valence-electron chi connectivity index (χ2n) is 13.4. The Balaban J connectivity index is 1.05. The van der Waals surface area contributed by atoms with E-state index in [0.717, 1.165) is 56.9 Å². The Bertz CT molecular complexity index is 1260. The fraction of sp³-hybridized carbons (Fsp3) is 0.588. The standard InChI is InChI=1S/C34H37F3O2/c1-18-2-4-19(5-3-18)21-8-12-24-26-16-27-25-13-9-22(20-6-10-23(11-7-20)34(35,36)37)15-29(25)33(39)31(27)17-30(26)32(38)28(24)14-21/h2-7,10-11,21-22,24-31H,8-9,12-17H2,1H3. The third-order valence-corrected chi connectivity index (χ3v) is 11.7. The van der Waals surface area contributed by atoms with Gasteiger partial charge in [-0.1, -0.05) is 42.0 Å². The lowest BCUT2D eigenvalue weighted by Crippen LogP contribution is -2.35. The van der Waals surface area contributed by atoms with E-state index in [1.165, 1.54) is 23.3 Å². The molecule has 7 rings (SSSR count). The number of fused-ring (bicyclic) bond motifs is 6. The highest BCUT2D eigenvalue weighted by molar-refractivity contribution is 5.90. The third kappa shape index (κ3) is 4.21. The van der Waals surface area contributed by atoms with E-state index in [0.29, 0.717) is 41.2 Å². The van der Waals surface area contributed by atoms with Crippen molar-refractivity contribution in [2.45, 2.75) is 76.3 Å². The number of aryl methyl sites for hydroxylation is 1. The molecule has 206 valence electrons. The number of Topliss-reactive ketones (excluding diaryl/α,β-unsaturated/α-hetero) is 2. The van der Waals surface area contributed by atoms with Crippen molar-refractivity contribution in [3.8, 4) is 0 Å². The van der Waals surface area contributed by atoms with Crippen molar-refractivity contribution in [2.24, 2.45) is 47.3 Å². The van der Waals surface area contributed by atoms with Gasteiger partial charge in [0, 0.05) is 23.7 Å². The van der Waals surface area contributed by atoms with Gasteiger partial charge in [0.05, 0.1) is 5.56 Å². The number of hydrogen-bond acceptors (Lipinski definition) is 2. The number of carbonyl (C=O) groups is 2. The Kier molecular flexibility index (Phi) is 6.10. The zero-order valence-electron chi connectivity index (χ0n) is 22.5. The normalized spacial score (nSPS) is 39.6. The predicted octanol–water partition coefficient (Wildman–Crippen LogP) is 8.14. The van der Waals surface area contributed by atoms with Crippen molar-refractivity contribution in [3.05, 3.63) is 70.8 Å². The molecule has 0 aliphatic heterocycles. The molecule has 0 bridgehead atoms. The number of hydrogen-bond donors (Lipinski definition) is 0. The van der Waals surface area contributed by atoms with Crippen LogP contribution in [0.4, 0.5) is 13.2 Å². The first kappa shape index (κ1) is 25.5. The maximum absolute atomic E-state index is 13.8. The average Bonchev–Trinajstić information content (AvgIpc) is 3.37. The van der Waals surface area contributed by atoms with Gasteiger partial charge in [0.25, 0.3) is 0 Å². The molecule has 5 heteroatoms. The number of ketones is 2. The molecular formula is C34H37F3O2. The Hall–Kier alpha value is -2.43. The summed E-state index contributed by atoms with van der Waals surface area (Å²) in [6, 6.07) is 14.4. The molecule has 5 aliphatic rings. The second-order valence-corrected chi connectivity index (χ2v) is 13.4. The van der Waals surface area contributed by atoms with Crippen LogP contribution in [0.1, 0.15) is 85.5 Å². The summed E-state index contributed by atoms with van der Waals surface area (Å²) in [6.45, 7) is 2.11. The van der Waals surface area contributed by atoms with Crippen LogP contribution in [0.2, 0.25) is 0 Å². The minimum absolute atomic E-state index is 0.00282. The van der Waals surface area contributed by atoms with Gasteiger partial charge < -0.3 is 0 Å². The van der Waals surface area contributed by atoms with E-state index in [1.807, 2.05) is 0 Å². The molecule has 0 saturated heterocycles. The summed E-state index contributed by atoms with van der Waals surface area (Å²) in [5.74, 6) is 3.27. The van der Waals surface area contributed by atoms with Crippen LogP contribution in [-0.2, 0) is 15.8 Å². The zero-order valence-corrected chi connectivity index (χ0v) is 22.5. The van der Waals surface area contributed by atoms with Gasteiger partial charge in [-0.15, -0.1) is 0 Å². The predicted molar refractivity (Wildman–Crippen MR) is 143 cm³/mol. The topological polar surface area (TPSA) is 34.1 Å². The molecule has 2 aromatic carbocycles. The van der Waals surface area contributed by atoms with Gasteiger partial charge in [0.1, 0.15) is 11.6 Å². The van der Waals surface area contributed by atoms with E-state index in [2.05, 4.69) is 31.2 Å². The van der Waals surface area contributed by atoms with Crippen molar-refractivity contribution in [1.29, 1.82) is 0 Å². The lowest BCUT2D eigenvalue weighted by atomic mass is 9.63. The molecule has 5 saturated carbocycles. The molecule has 0 heterocycles. The van der Waals surface area contributed by atoms with Crippen LogP contribution in [0.25, 0.3) is 0 Å². The molecule has 5 aliphatic carbocycles. The van der Waals surface area contributed by atoms with Gasteiger partial charge in [0.15, 0.2) is 0 Å². The zero-order chi connectivity index (χ0) is 27.1. The Morgan fingerprint density at radius 1 is 0.564 bits per heavy atom.